The van der Waals surface area contributed by atoms with Crippen LogP contribution in [0.1, 0.15) is 25.8 Å². The minimum Gasteiger partial charge on any atom is -0.508 e. The van der Waals surface area contributed by atoms with Crippen LogP contribution in [0.2, 0.25) is 0 Å². The van der Waals surface area contributed by atoms with Crippen LogP contribution in [-0.2, 0) is 10.2 Å². The van der Waals surface area contributed by atoms with Gasteiger partial charge in [-0.1, -0.05) is 26.0 Å². The smallest absolute Gasteiger partial charge is 0.218 e. The summed E-state index contributed by atoms with van der Waals surface area (Å²) in [4.78, 5) is 10.8. The minimum atomic E-state index is -0.335. The summed E-state index contributed by atoms with van der Waals surface area (Å²) in [5, 5.41) is 9.29. The molecular formula is C11H15NO2. The van der Waals surface area contributed by atoms with Crippen LogP contribution in [0.4, 0.5) is 0 Å². The number of benzene rings is 1. The monoisotopic (exact) mass is 193 g/mol. The topological polar surface area (TPSA) is 63.3 Å². The number of aromatic hydroxyl groups is 1. The van der Waals surface area contributed by atoms with E-state index >= 15 is 0 Å². The highest BCUT2D eigenvalue weighted by atomic mass is 16.3. The zero-order valence-electron chi connectivity index (χ0n) is 8.45. The molecule has 1 rings (SSSR count). The van der Waals surface area contributed by atoms with E-state index in [1.807, 2.05) is 19.9 Å². The lowest BCUT2D eigenvalue weighted by Crippen LogP contribution is -2.26. The van der Waals surface area contributed by atoms with Gasteiger partial charge in [0.25, 0.3) is 0 Å². The summed E-state index contributed by atoms with van der Waals surface area (Å²) in [6, 6.07) is 6.89. The Morgan fingerprint density at radius 1 is 1.50 bits per heavy atom. The zero-order chi connectivity index (χ0) is 10.8. The number of phenols is 1. The average molecular weight is 193 g/mol. The summed E-state index contributed by atoms with van der Waals surface area (Å²) < 4.78 is 0. The zero-order valence-corrected chi connectivity index (χ0v) is 8.45. The Labute approximate surface area is 83.6 Å². The molecular weight excluding hydrogens is 178 g/mol. The van der Waals surface area contributed by atoms with Gasteiger partial charge in [-0.2, -0.15) is 0 Å². The normalized spacial score (nSPS) is 11.3. The van der Waals surface area contributed by atoms with Crippen LogP contribution >= 0.6 is 0 Å². The van der Waals surface area contributed by atoms with Crippen LogP contribution < -0.4 is 5.73 Å². The number of carbonyl (C=O) groups is 1. The van der Waals surface area contributed by atoms with Gasteiger partial charge >= 0.3 is 0 Å². The number of rotatable bonds is 3. The highest BCUT2D eigenvalue weighted by Crippen LogP contribution is 2.28. The summed E-state index contributed by atoms with van der Waals surface area (Å²) in [6.07, 6.45) is 0.274. The van der Waals surface area contributed by atoms with Crippen LogP contribution in [0.15, 0.2) is 24.3 Å². The largest absolute Gasteiger partial charge is 0.508 e. The van der Waals surface area contributed by atoms with Crippen molar-refractivity contribution in [2.45, 2.75) is 25.7 Å². The molecule has 0 aromatic heterocycles. The summed E-state index contributed by atoms with van der Waals surface area (Å²) in [5.41, 5.74) is 5.74. The maximum Gasteiger partial charge on any atom is 0.218 e. The van der Waals surface area contributed by atoms with E-state index in [-0.39, 0.29) is 23.5 Å². The summed E-state index contributed by atoms with van der Waals surface area (Å²) in [7, 11) is 0. The molecule has 1 aromatic rings. The molecule has 0 aliphatic rings. The molecule has 0 saturated carbocycles. The number of hydrogen-bond acceptors (Lipinski definition) is 2. The van der Waals surface area contributed by atoms with Gasteiger partial charge in [0.2, 0.25) is 5.91 Å². The third kappa shape index (κ3) is 2.49. The Kier molecular flexibility index (Phi) is 2.79. The molecule has 0 aliphatic heterocycles. The predicted molar refractivity (Wildman–Crippen MR) is 54.9 cm³/mol. The van der Waals surface area contributed by atoms with Gasteiger partial charge in [-0.25, -0.2) is 0 Å². The van der Waals surface area contributed by atoms with Gasteiger partial charge in [-0.05, 0) is 23.1 Å². The molecule has 0 atom stereocenters. The van der Waals surface area contributed by atoms with Crippen LogP contribution in [0, 0.1) is 0 Å². The molecule has 1 aromatic carbocycles. The van der Waals surface area contributed by atoms with E-state index in [9.17, 15) is 9.90 Å². The molecule has 0 fully saturated rings. The second-order valence-electron chi connectivity index (χ2n) is 4.08. The van der Waals surface area contributed by atoms with Crippen molar-refractivity contribution in [3.05, 3.63) is 29.8 Å². The second kappa shape index (κ2) is 3.70. The first kappa shape index (κ1) is 10.6. The molecule has 0 bridgehead atoms. The van der Waals surface area contributed by atoms with Gasteiger partial charge in [-0.15, -0.1) is 0 Å². The molecule has 76 valence electrons. The minimum absolute atomic E-state index is 0.208. The van der Waals surface area contributed by atoms with Gasteiger partial charge in [-0.3, -0.25) is 4.79 Å². The number of hydrogen-bond donors (Lipinski definition) is 2. The summed E-state index contributed by atoms with van der Waals surface area (Å²) in [5.74, 6) is -0.126. The second-order valence-corrected chi connectivity index (χ2v) is 4.08. The third-order valence-corrected chi connectivity index (χ3v) is 2.24. The molecule has 14 heavy (non-hydrogen) atoms. The molecule has 3 heteroatoms. The van der Waals surface area contributed by atoms with E-state index in [2.05, 4.69) is 0 Å². The predicted octanol–water partition coefficient (Wildman–Crippen LogP) is 1.55. The molecule has 3 N–H and O–H groups in total. The van der Waals surface area contributed by atoms with Crippen molar-refractivity contribution in [3.8, 4) is 5.75 Å². The number of nitrogens with two attached hydrogens (primary N) is 1. The third-order valence-electron chi connectivity index (χ3n) is 2.24. The van der Waals surface area contributed by atoms with Crippen molar-refractivity contribution in [1.29, 1.82) is 0 Å². The van der Waals surface area contributed by atoms with Gasteiger partial charge < -0.3 is 10.8 Å². The molecule has 0 aliphatic carbocycles. The van der Waals surface area contributed by atoms with Crippen LogP contribution in [0.3, 0.4) is 0 Å². The van der Waals surface area contributed by atoms with E-state index in [0.717, 1.165) is 5.56 Å². The quantitative estimate of drug-likeness (QED) is 0.764. The van der Waals surface area contributed by atoms with E-state index < -0.39 is 0 Å². The maximum absolute atomic E-state index is 10.8. The van der Waals surface area contributed by atoms with E-state index in [1.54, 1.807) is 18.2 Å². The van der Waals surface area contributed by atoms with Gasteiger partial charge in [0, 0.05) is 6.42 Å². The first-order chi connectivity index (χ1) is 6.42. The number of amides is 1. The first-order valence-corrected chi connectivity index (χ1v) is 4.49. The average Bonchev–Trinajstić information content (AvgIpc) is 2.01. The fourth-order valence-corrected chi connectivity index (χ4v) is 1.46. The van der Waals surface area contributed by atoms with Crippen LogP contribution in [-0.4, -0.2) is 11.0 Å². The molecule has 3 nitrogen and oxygen atoms in total. The molecule has 0 saturated heterocycles. The molecule has 0 heterocycles. The highest BCUT2D eigenvalue weighted by molar-refractivity contribution is 5.75. The van der Waals surface area contributed by atoms with Gasteiger partial charge in [0.1, 0.15) is 5.75 Å². The van der Waals surface area contributed by atoms with Crippen LogP contribution in [0.25, 0.3) is 0 Å². The summed E-state index contributed by atoms with van der Waals surface area (Å²) in [6.45, 7) is 3.85. The van der Waals surface area contributed by atoms with Gasteiger partial charge in [0.15, 0.2) is 0 Å². The standard InChI is InChI=1S/C11H15NO2/c1-11(2,7-10(12)14)8-4-3-5-9(13)6-8/h3-6,13H,7H2,1-2H3,(H2,12,14). The Morgan fingerprint density at radius 3 is 2.64 bits per heavy atom. The van der Waals surface area contributed by atoms with E-state index in [1.165, 1.54) is 0 Å². The number of primary amides is 1. The first-order valence-electron chi connectivity index (χ1n) is 4.49. The van der Waals surface area contributed by atoms with Crippen LogP contribution in [0.5, 0.6) is 5.75 Å². The van der Waals surface area contributed by atoms with Crippen molar-refractivity contribution < 1.29 is 9.90 Å². The molecule has 0 radical (unpaired) electrons. The Balaban J connectivity index is 2.97. The Hall–Kier alpha value is -1.51. The van der Waals surface area contributed by atoms with Gasteiger partial charge in [0.05, 0.1) is 0 Å². The van der Waals surface area contributed by atoms with Crippen molar-refractivity contribution in [1.82, 2.24) is 0 Å². The summed E-state index contributed by atoms with van der Waals surface area (Å²) >= 11 is 0. The lowest BCUT2D eigenvalue weighted by atomic mass is 9.81. The molecule has 1 amide bonds. The Morgan fingerprint density at radius 2 is 2.14 bits per heavy atom. The SMILES string of the molecule is CC(C)(CC(N)=O)c1cccc(O)c1. The van der Waals surface area contributed by atoms with E-state index in [0.29, 0.717) is 0 Å². The highest BCUT2D eigenvalue weighted by Gasteiger charge is 2.23. The lowest BCUT2D eigenvalue weighted by molar-refractivity contribution is -0.119. The Bertz CT molecular complexity index is 345. The van der Waals surface area contributed by atoms with E-state index in [4.69, 9.17) is 5.73 Å². The van der Waals surface area contributed by atoms with Crippen molar-refractivity contribution >= 4 is 5.91 Å². The fraction of sp³-hybridized carbons (Fsp3) is 0.364. The number of phenolic OH excluding ortho intramolecular Hbond substituents is 1. The fourth-order valence-electron chi connectivity index (χ4n) is 1.46. The maximum atomic E-state index is 10.8. The van der Waals surface area contributed by atoms with Crippen molar-refractivity contribution in [2.24, 2.45) is 5.73 Å². The molecule has 0 unspecified atom stereocenters. The lowest BCUT2D eigenvalue weighted by Gasteiger charge is -2.23. The number of carbonyl (C=O) groups excluding carboxylic acids is 1. The molecule has 0 spiro atoms. The van der Waals surface area contributed by atoms with Crippen molar-refractivity contribution in [3.63, 3.8) is 0 Å². The van der Waals surface area contributed by atoms with Crippen molar-refractivity contribution in [2.75, 3.05) is 0 Å².